The second-order valence-electron chi connectivity index (χ2n) is 6.41. The van der Waals surface area contributed by atoms with E-state index in [9.17, 15) is 14.4 Å². The second kappa shape index (κ2) is 7.91. The predicted molar refractivity (Wildman–Crippen MR) is 99.4 cm³/mol. The van der Waals surface area contributed by atoms with Crippen LogP contribution in [0, 0.1) is 0 Å². The molecule has 0 aromatic carbocycles. The summed E-state index contributed by atoms with van der Waals surface area (Å²) < 4.78 is 6.13. The molecule has 144 valence electrons. The number of carboxylic acids is 1. The van der Waals surface area contributed by atoms with Gasteiger partial charge in [-0.05, 0) is 44.2 Å². The maximum absolute atomic E-state index is 12.6. The number of esters is 1. The Morgan fingerprint density at radius 2 is 2.04 bits per heavy atom. The van der Waals surface area contributed by atoms with Crippen molar-refractivity contribution in [2.75, 3.05) is 12.4 Å². The highest BCUT2D eigenvalue weighted by atomic mass is 32.1. The quantitative estimate of drug-likeness (QED) is 0.599. The van der Waals surface area contributed by atoms with Crippen LogP contribution in [0.4, 0.5) is 5.00 Å². The third kappa shape index (κ3) is 3.87. The van der Waals surface area contributed by atoms with Gasteiger partial charge in [0.1, 0.15) is 11.0 Å². The first-order chi connectivity index (χ1) is 12.9. The largest absolute Gasteiger partial charge is 0.480 e. The topological polar surface area (TPSA) is 111 Å². The van der Waals surface area contributed by atoms with Gasteiger partial charge in [0.15, 0.2) is 5.69 Å². The van der Waals surface area contributed by atoms with Gasteiger partial charge in [-0.25, -0.2) is 9.59 Å². The number of amides is 1. The fraction of sp³-hybridized carbons (Fsp3) is 0.444. The summed E-state index contributed by atoms with van der Waals surface area (Å²) in [6, 6.07) is 0.570. The molecular formula is C18H21N3O5S. The molecule has 2 N–H and O–H groups in total. The van der Waals surface area contributed by atoms with Gasteiger partial charge in [-0.3, -0.25) is 9.48 Å². The Labute approximate surface area is 160 Å². The molecule has 1 aliphatic rings. The molecule has 0 saturated heterocycles. The number of carbonyl (C=O) groups is 3. The van der Waals surface area contributed by atoms with E-state index < -0.39 is 23.9 Å². The maximum Gasteiger partial charge on any atom is 0.341 e. The normalized spacial score (nSPS) is 14.7. The minimum absolute atomic E-state index is 0.0857. The van der Waals surface area contributed by atoms with Gasteiger partial charge in [0.2, 0.25) is 0 Å². The summed E-state index contributed by atoms with van der Waals surface area (Å²) in [4.78, 5) is 37.1. The van der Waals surface area contributed by atoms with Crippen LogP contribution < -0.4 is 5.32 Å². The van der Waals surface area contributed by atoms with E-state index in [-0.39, 0.29) is 5.69 Å². The number of rotatable bonds is 5. The minimum Gasteiger partial charge on any atom is -0.480 e. The average molecular weight is 391 g/mol. The van der Waals surface area contributed by atoms with E-state index in [2.05, 4.69) is 10.4 Å². The van der Waals surface area contributed by atoms with Crippen LogP contribution in [0.2, 0.25) is 0 Å². The number of carboxylic acid groups (broad SMARTS) is 1. The van der Waals surface area contributed by atoms with E-state index in [1.807, 2.05) is 0 Å². The fourth-order valence-corrected chi connectivity index (χ4v) is 4.38. The third-order valence-corrected chi connectivity index (χ3v) is 5.84. The summed E-state index contributed by atoms with van der Waals surface area (Å²) in [6.45, 7) is 1.47. The highest BCUT2D eigenvalue weighted by molar-refractivity contribution is 7.17. The first-order valence-corrected chi connectivity index (χ1v) is 9.56. The van der Waals surface area contributed by atoms with Crippen LogP contribution in [-0.4, -0.2) is 39.8 Å². The van der Waals surface area contributed by atoms with Crippen molar-refractivity contribution in [2.45, 2.75) is 45.1 Å². The summed E-state index contributed by atoms with van der Waals surface area (Å²) in [7, 11) is 1.32. The Morgan fingerprint density at radius 3 is 2.74 bits per heavy atom. The van der Waals surface area contributed by atoms with Crippen molar-refractivity contribution in [1.82, 2.24) is 9.78 Å². The highest BCUT2D eigenvalue weighted by Gasteiger charge is 2.27. The molecule has 2 aromatic rings. The maximum atomic E-state index is 12.6. The average Bonchev–Trinajstić information content (AvgIpc) is 3.19. The standard InChI is InChI=1S/C18H21N3O5S/c1-10(17(23)24)21-9-8-12(20-21)15(22)19-16-14(18(25)26-2)11-6-4-3-5-7-13(11)27-16/h8-10H,3-7H2,1-2H3,(H,19,22)(H,23,24). The van der Waals surface area contributed by atoms with Crippen LogP contribution in [-0.2, 0) is 22.4 Å². The zero-order valence-corrected chi connectivity index (χ0v) is 16.0. The van der Waals surface area contributed by atoms with E-state index in [1.165, 1.54) is 42.3 Å². The highest BCUT2D eigenvalue weighted by Crippen LogP contribution is 2.38. The van der Waals surface area contributed by atoms with Crippen LogP contribution in [0.1, 0.15) is 63.5 Å². The zero-order chi connectivity index (χ0) is 19.6. The third-order valence-electron chi connectivity index (χ3n) is 4.63. The monoisotopic (exact) mass is 391 g/mol. The lowest BCUT2D eigenvalue weighted by molar-refractivity contribution is -0.140. The van der Waals surface area contributed by atoms with Gasteiger partial charge in [0, 0.05) is 11.1 Å². The number of aliphatic carboxylic acids is 1. The van der Waals surface area contributed by atoms with E-state index in [0.717, 1.165) is 42.5 Å². The molecule has 1 unspecified atom stereocenters. The van der Waals surface area contributed by atoms with Gasteiger partial charge < -0.3 is 15.2 Å². The number of hydrogen-bond acceptors (Lipinski definition) is 6. The molecule has 0 saturated carbocycles. The summed E-state index contributed by atoms with van der Waals surface area (Å²) in [5, 5.41) is 16.3. The number of carbonyl (C=O) groups excluding carboxylic acids is 2. The van der Waals surface area contributed by atoms with Crippen LogP contribution >= 0.6 is 11.3 Å². The van der Waals surface area contributed by atoms with Crippen molar-refractivity contribution in [3.8, 4) is 0 Å². The van der Waals surface area contributed by atoms with E-state index in [0.29, 0.717) is 10.6 Å². The summed E-state index contributed by atoms with van der Waals surface area (Å²) in [5.74, 6) is -2.00. The van der Waals surface area contributed by atoms with Crippen LogP contribution in [0.25, 0.3) is 0 Å². The van der Waals surface area contributed by atoms with Crippen LogP contribution in [0.5, 0.6) is 0 Å². The molecule has 0 radical (unpaired) electrons. The molecular weight excluding hydrogens is 370 g/mol. The Kier molecular flexibility index (Phi) is 5.59. The minimum atomic E-state index is -1.04. The smallest absolute Gasteiger partial charge is 0.341 e. The summed E-state index contributed by atoms with van der Waals surface area (Å²) in [6.07, 6.45) is 6.28. The van der Waals surface area contributed by atoms with E-state index >= 15 is 0 Å². The number of methoxy groups -OCH3 is 1. The van der Waals surface area contributed by atoms with Crippen molar-refractivity contribution in [2.24, 2.45) is 0 Å². The number of aryl methyl sites for hydroxylation is 1. The number of aromatic nitrogens is 2. The first-order valence-electron chi connectivity index (χ1n) is 8.74. The van der Waals surface area contributed by atoms with Gasteiger partial charge in [-0.1, -0.05) is 6.42 Å². The van der Waals surface area contributed by atoms with Crippen molar-refractivity contribution >= 4 is 34.2 Å². The van der Waals surface area contributed by atoms with Crippen LogP contribution in [0.15, 0.2) is 12.3 Å². The number of nitrogens with zero attached hydrogens (tertiary/aromatic N) is 2. The molecule has 1 amide bonds. The molecule has 1 aliphatic carbocycles. The van der Waals surface area contributed by atoms with Crippen molar-refractivity contribution in [3.05, 3.63) is 34.0 Å². The Bertz CT molecular complexity index is 886. The lowest BCUT2D eigenvalue weighted by Crippen LogP contribution is -2.18. The van der Waals surface area contributed by atoms with E-state index in [4.69, 9.17) is 9.84 Å². The van der Waals surface area contributed by atoms with Gasteiger partial charge >= 0.3 is 11.9 Å². The molecule has 2 heterocycles. The summed E-state index contributed by atoms with van der Waals surface area (Å²) >= 11 is 1.40. The zero-order valence-electron chi connectivity index (χ0n) is 15.2. The number of hydrogen-bond donors (Lipinski definition) is 2. The van der Waals surface area contributed by atoms with Gasteiger partial charge in [0.05, 0.1) is 12.7 Å². The van der Waals surface area contributed by atoms with Crippen molar-refractivity contribution < 1.29 is 24.2 Å². The lowest BCUT2D eigenvalue weighted by atomic mass is 10.1. The lowest BCUT2D eigenvalue weighted by Gasteiger charge is -2.07. The second-order valence-corrected chi connectivity index (χ2v) is 7.51. The Morgan fingerprint density at radius 1 is 1.30 bits per heavy atom. The molecule has 0 aliphatic heterocycles. The Balaban J connectivity index is 1.88. The SMILES string of the molecule is COC(=O)c1c(NC(=O)c2ccn(C(C)C(=O)O)n2)sc2c1CCCCC2. The fourth-order valence-electron chi connectivity index (χ4n) is 3.10. The number of anilines is 1. The predicted octanol–water partition coefficient (Wildman–Crippen LogP) is 2.90. The summed E-state index contributed by atoms with van der Waals surface area (Å²) in [5.41, 5.74) is 1.47. The number of thiophene rings is 1. The molecule has 3 rings (SSSR count). The number of ether oxygens (including phenoxy) is 1. The molecule has 2 aromatic heterocycles. The molecule has 8 nitrogen and oxygen atoms in total. The molecule has 0 bridgehead atoms. The number of nitrogens with one attached hydrogen (secondary N) is 1. The van der Waals surface area contributed by atoms with Gasteiger partial charge in [-0.2, -0.15) is 5.10 Å². The van der Waals surface area contributed by atoms with Gasteiger partial charge in [-0.15, -0.1) is 11.3 Å². The van der Waals surface area contributed by atoms with Crippen molar-refractivity contribution in [3.63, 3.8) is 0 Å². The molecule has 1 atom stereocenters. The molecule has 0 spiro atoms. The first kappa shape index (κ1) is 19.1. The number of fused-ring (bicyclic) bond motifs is 1. The van der Waals surface area contributed by atoms with Crippen LogP contribution in [0.3, 0.4) is 0 Å². The van der Waals surface area contributed by atoms with Crippen molar-refractivity contribution in [1.29, 1.82) is 0 Å². The molecule has 0 fully saturated rings. The molecule has 9 heteroatoms. The Hall–Kier alpha value is -2.68. The van der Waals surface area contributed by atoms with Gasteiger partial charge in [0.25, 0.3) is 5.91 Å². The van der Waals surface area contributed by atoms with E-state index in [1.54, 1.807) is 0 Å². The molecule has 27 heavy (non-hydrogen) atoms.